The van der Waals surface area contributed by atoms with Gasteiger partial charge in [0, 0.05) is 23.5 Å². The predicted octanol–water partition coefficient (Wildman–Crippen LogP) is 7.71. The number of halogens is 3. The highest BCUT2D eigenvalue weighted by atomic mass is 35.5. The SMILES string of the molecule is Cc1ccc(S(=O)(=O)N(CC(=O)N(Cc2ccccc2Cl)C(Cc2ccccc2)C(=O)NC(C)(C)C)c2ccc(Cl)c(Cl)c2)cc1. The largest absolute Gasteiger partial charge is 0.350 e. The number of carbonyl (C=O) groups excluding carboxylic acids is 2. The average Bonchev–Trinajstić information content (AvgIpc) is 2.99. The topological polar surface area (TPSA) is 86.8 Å². The van der Waals surface area contributed by atoms with Gasteiger partial charge in [-0.25, -0.2) is 8.42 Å². The fourth-order valence-electron chi connectivity index (χ4n) is 4.82. The van der Waals surface area contributed by atoms with E-state index in [2.05, 4.69) is 5.32 Å². The van der Waals surface area contributed by atoms with Crippen molar-refractivity contribution in [1.29, 1.82) is 0 Å². The lowest BCUT2D eigenvalue weighted by atomic mass is 10.0. The summed E-state index contributed by atoms with van der Waals surface area (Å²) in [6, 6.07) is 26.0. The van der Waals surface area contributed by atoms with Crippen molar-refractivity contribution in [2.45, 2.75) is 57.1 Å². The zero-order valence-electron chi connectivity index (χ0n) is 26.0. The first-order valence-corrected chi connectivity index (χ1v) is 17.2. The Morgan fingerprint density at radius 1 is 0.804 bits per heavy atom. The van der Waals surface area contributed by atoms with Gasteiger partial charge in [-0.1, -0.05) is 101 Å². The summed E-state index contributed by atoms with van der Waals surface area (Å²) in [7, 11) is -4.29. The Balaban J connectivity index is 1.84. The number of nitrogens with one attached hydrogen (secondary N) is 1. The number of benzene rings is 4. The van der Waals surface area contributed by atoms with E-state index >= 15 is 0 Å². The summed E-state index contributed by atoms with van der Waals surface area (Å²) >= 11 is 19.0. The first-order chi connectivity index (χ1) is 21.7. The van der Waals surface area contributed by atoms with E-state index in [1.807, 2.05) is 58.0 Å². The molecule has 11 heteroatoms. The lowest BCUT2D eigenvalue weighted by Crippen LogP contribution is -2.56. The summed E-state index contributed by atoms with van der Waals surface area (Å²) < 4.78 is 29.3. The van der Waals surface area contributed by atoms with Crippen molar-refractivity contribution in [3.8, 4) is 0 Å². The normalized spacial score (nSPS) is 12.3. The number of amides is 2. The number of anilines is 1. The third kappa shape index (κ3) is 9.04. The van der Waals surface area contributed by atoms with E-state index in [9.17, 15) is 18.0 Å². The van der Waals surface area contributed by atoms with Crippen molar-refractivity contribution >= 4 is 62.3 Å². The Bertz CT molecular complexity index is 1790. The molecule has 0 spiro atoms. The van der Waals surface area contributed by atoms with Gasteiger partial charge in [-0.3, -0.25) is 13.9 Å². The zero-order chi connectivity index (χ0) is 33.6. The Hall–Kier alpha value is -3.56. The fourth-order valence-corrected chi connectivity index (χ4v) is 6.72. The van der Waals surface area contributed by atoms with Gasteiger partial charge >= 0.3 is 0 Å². The van der Waals surface area contributed by atoms with Crippen LogP contribution in [0.3, 0.4) is 0 Å². The summed E-state index contributed by atoms with van der Waals surface area (Å²) in [4.78, 5) is 29.9. The van der Waals surface area contributed by atoms with E-state index < -0.39 is 34.1 Å². The number of hydrogen-bond donors (Lipinski definition) is 1. The molecule has 242 valence electrons. The molecule has 4 rings (SSSR count). The molecule has 0 bridgehead atoms. The molecule has 1 N–H and O–H groups in total. The molecule has 0 radical (unpaired) electrons. The molecule has 4 aromatic rings. The van der Waals surface area contributed by atoms with Crippen LogP contribution in [-0.2, 0) is 32.6 Å². The van der Waals surface area contributed by atoms with Gasteiger partial charge in [0.25, 0.3) is 10.0 Å². The molecular weight excluding hydrogens is 665 g/mol. The van der Waals surface area contributed by atoms with Crippen LogP contribution in [0.5, 0.6) is 0 Å². The number of aryl methyl sites for hydroxylation is 1. The fraction of sp³-hybridized carbons (Fsp3) is 0.257. The van der Waals surface area contributed by atoms with Crippen LogP contribution in [-0.4, -0.2) is 43.3 Å². The van der Waals surface area contributed by atoms with E-state index in [1.165, 1.54) is 35.2 Å². The number of nitrogens with zero attached hydrogens (tertiary/aromatic N) is 2. The lowest BCUT2D eigenvalue weighted by molar-refractivity contribution is -0.140. The summed E-state index contributed by atoms with van der Waals surface area (Å²) in [5, 5.41) is 3.76. The van der Waals surface area contributed by atoms with Crippen molar-refractivity contribution in [2.75, 3.05) is 10.8 Å². The van der Waals surface area contributed by atoms with E-state index in [-0.39, 0.29) is 39.5 Å². The third-order valence-corrected chi connectivity index (χ3v) is 10.0. The van der Waals surface area contributed by atoms with Gasteiger partial charge in [-0.2, -0.15) is 0 Å². The predicted molar refractivity (Wildman–Crippen MR) is 186 cm³/mol. The maximum Gasteiger partial charge on any atom is 0.264 e. The minimum Gasteiger partial charge on any atom is -0.350 e. The van der Waals surface area contributed by atoms with Gasteiger partial charge in [-0.05, 0) is 75.2 Å². The van der Waals surface area contributed by atoms with Crippen molar-refractivity contribution in [2.24, 2.45) is 0 Å². The Morgan fingerprint density at radius 2 is 1.43 bits per heavy atom. The van der Waals surface area contributed by atoms with E-state index in [0.29, 0.717) is 10.6 Å². The summed E-state index contributed by atoms with van der Waals surface area (Å²) in [6.45, 7) is 6.72. The Morgan fingerprint density at radius 3 is 2.04 bits per heavy atom. The zero-order valence-corrected chi connectivity index (χ0v) is 29.1. The van der Waals surface area contributed by atoms with Crippen LogP contribution in [0.2, 0.25) is 15.1 Å². The van der Waals surface area contributed by atoms with Crippen LogP contribution in [0.1, 0.15) is 37.5 Å². The van der Waals surface area contributed by atoms with E-state index in [1.54, 1.807) is 36.4 Å². The minimum absolute atomic E-state index is 0.0130. The van der Waals surface area contributed by atoms with Crippen LogP contribution < -0.4 is 9.62 Å². The molecule has 0 saturated carbocycles. The first kappa shape index (κ1) is 35.3. The molecule has 0 saturated heterocycles. The van der Waals surface area contributed by atoms with Crippen LogP contribution in [0, 0.1) is 6.92 Å². The second kappa shape index (κ2) is 14.9. The summed E-state index contributed by atoms with van der Waals surface area (Å²) in [5.41, 5.74) is 1.82. The molecule has 0 aliphatic heterocycles. The quantitative estimate of drug-likeness (QED) is 0.174. The Kier molecular flexibility index (Phi) is 11.4. The summed E-state index contributed by atoms with van der Waals surface area (Å²) in [5.74, 6) is -1.01. The summed E-state index contributed by atoms with van der Waals surface area (Å²) in [6.07, 6.45) is 0.177. The van der Waals surface area contributed by atoms with Crippen LogP contribution in [0.25, 0.3) is 0 Å². The highest BCUT2D eigenvalue weighted by Gasteiger charge is 2.36. The molecule has 0 aromatic heterocycles. The molecule has 0 aliphatic carbocycles. The minimum atomic E-state index is -4.29. The molecule has 1 atom stereocenters. The molecule has 0 fully saturated rings. The molecule has 0 heterocycles. The second-order valence-corrected chi connectivity index (χ2v) is 15.1. The molecule has 1 unspecified atom stereocenters. The third-order valence-electron chi connectivity index (χ3n) is 7.15. The van der Waals surface area contributed by atoms with Crippen molar-refractivity contribution in [1.82, 2.24) is 10.2 Å². The highest BCUT2D eigenvalue weighted by Crippen LogP contribution is 2.31. The first-order valence-electron chi connectivity index (χ1n) is 14.6. The molecule has 4 aromatic carbocycles. The molecule has 0 aliphatic rings. The van der Waals surface area contributed by atoms with Gasteiger partial charge in [0.05, 0.1) is 20.6 Å². The molecular formula is C35H36Cl3N3O4S. The lowest BCUT2D eigenvalue weighted by Gasteiger charge is -2.35. The van der Waals surface area contributed by atoms with Gasteiger partial charge in [0.1, 0.15) is 12.6 Å². The Labute approximate surface area is 286 Å². The number of rotatable bonds is 11. The van der Waals surface area contributed by atoms with Crippen molar-refractivity contribution < 1.29 is 18.0 Å². The standard InChI is InChI=1S/C35H36Cl3N3O4S/c1-24-14-17-28(18-15-24)46(44,45)41(27-16-19-30(37)31(38)21-27)23-33(42)40(22-26-12-8-9-13-29(26)36)32(34(43)39-35(2,3)4)20-25-10-6-5-7-11-25/h5-19,21,32H,20,22-23H2,1-4H3,(H,39,43). The maximum atomic E-state index is 14.6. The second-order valence-electron chi connectivity index (χ2n) is 12.0. The maximum absolute atomic E-state index is 14.6. The number of hydrogen-bond acceptors (Lipinski definition) is 4. The smallest absolute Gasteiger partial charge is 0.264 e. The van der Waals surface area contributed by atoms with Crippen molar-refractivity contribution in [3.05, 3.63) is 129 Å². The molecule has 2 amide bonds. The van der Waals surface area contributed by atoms with Gasteiger partial charge < -0.3 is 10.2 Å². The van der Waals surface area contributed by atoms with Gasteiger partial charge in [0.15, 0.2) is 0 Å². The van der Waals surface area contributed by atoms with Gasteiger partial charge in [-0.15, -0.1) is 0 Å². The number of carbonyl (C=O) groups is 2. The molecule has 46 heavy (non-hydrogen) atoms. The molecule has 7 nitrogen and oxygen atoms in total. The van der Waals surface area contributed by atoms with E-state index in [4.69, 9.17) is 34.8 Å². The number of sulfonamides is 1. The van der Waals surface area contributed by atoms with E-state index in [0.717, 1.165) is 15.4 Å². The monoisotopic (exact) mass is 699 g/mol. The van der Waals surface area contributed by atoms with Crippen LogP contribution in [0.15, 0.2) is 102 Å². The highest BCUT2D eigenvalue weighted by molar-refractivity contribution is 7.92. The van der Waals surface area contributed by atoms with Crippen molar-refractivity contribution in [3.63, 3.8) is 0 Å². The van der Waals surface area contributed by atoms with Crippen LogP contribution >= 0.6 is 34.8 Å². The average molecular weight is 701 g/mol. The van der Waals surface area contributed by atoms with Crippen LogP contribution in [0.4, 0.5) is 5.69 Å². The van der Waals surface area contributed by atoms with Gasteiger partial charge in [0.2, 0.25) is 11.8 Å².